The van der Waals surface area contributed by atoms with Crippen LogP contribution in [-0.2, 0) is 10.8 Å². The van der Waals surface area contributed by atoms with Crippen molar-refractivity contribution in [3.8, 4) is 0 Å². The Morgan fingerprint density at radius 3 is 2.77 bits per heavy atom. The topological polar surface area (TPSA) is 53.5 Å². The van der Waals surface area contributed by atoms with Crippen LogP contribution in [-0.4, -0.2) is 35.6 Å². The Morgan fingerprint density at radius 2 is 2.09 bits per heavy atom. The van der Waals surface area contributed by atoms with Crippen LogP contribution in [0.25, 0.3) is 0 Å². The van der Waals surface area contributed by atoms with Crippen molar-refractivity contribution < 1.29 is 4.21 Å². The van der Waals surface area contributed by atoms with Crippen molar-refractivity contribution in [3.05, 3.63) is 30.3 Å². The zero-order valence-corrected chi connectivity index (χ0v) is 14.4. The summed E-state index contributed by atoms with van der Waals surface area (Å²) < 4.78 is 12.2. The predicted molar refractivity (Wildman–Crippen MR) is 93.6 cm³/mol. The molecule has 0 saturated heterocycles. The molecule has 0 spiro atoms. The predicted octanol–water partition coefficient (Wildman–Crippen LogP) is 2.54. The molecule has 1 aromatic carbocycles. The minimum atomic E-state index is -0.960. The molecule has 1 saturated carbocycles. The molecule has 3 atom stereocenters. The zero-order chi connectivity index (χ0) is 15.8. The number of aliphatic imine (C=N–C) groups is 1. The van der Waals surface area contributed by atoms with Crippen LogP contribution < -0.4 is 10.6 Å². The van der Waals surface area contributed by atoms with E-state index in [9.17, 15) is 4.21 Å². The summed E-state index contributed by atoms with van der Waals surface area (Å²) >= 11 is 0. The molecule has 0 radical (unpaired) electrons. The zero-order valence-electron chi connectivity index (χ0n) is 13.5. The van der Waals surface area contributed by atoms with Crippen LogP contribution in [0.5, 0.6) is 0 Å². The Morgan fingerprint density at radius 1 is 1.32 bits per heavy atom. The van der Waals surface area contributed by atoms with Crippen LogP contribution in [0.3, 0.4) is 0 Å². The van der Waals surface area contributed by atoms with E-state index in [4.69, 9.17) is 0 Å². The van der Waals surface area contributed by atoms with Gasteiger partial charge in [-0.3, -0.25) is 9.20 Å². The molecule has 22 heavy (non-hydrogen) atoms. The molecule has 2 N–H and O–H groups in total. The van der Waals surface area contributed by atoms with Crippen LogP contribution in [0, 0.1) is 5.92 Å². The standard InChI is InChI=1S/C17H27N3OS/c1-14-7-6-8-15(13-14)20-17(18-2)19-11-12-22(21)16-9-4-3-5-10-16/h3-5,9-10,14-15H,6-8,11-13H2,1-2H3,(H2,18,19,20). The maximum absolute atomic E-state index is 12.2. The Bertz CT molecular complexity index is 504. The first-order valence-corrected chi connectivity index (χ1v) is 9.41. The van der Waals surface area contributed by atoms with Crippen molar-refractivity contribution in [2.75, 3.05) is 19.3 Å². The number of nitrogens with one attached hydrogen (secondary N) is 2. The molecule has 1 aromatic rings. The fraction of sp³-hybridized carbons (Fsp3) is 0.588. The van der Waals surface area contributed by atoms with Crippen molar-refractivity contribution in [2.45, 2.75) is 43.5 Å². The summed E-state index contributed by atoms with van der Waals surface area (Å²) in [7, 11) is 0.828. The molecule has 0 aliphatic heterocycles. The van der Waals surface area contributed by atoms with E-state index < -0.39 is 10.8 Å². The van der Waals surface area contributed by atoms with Gasteiger partial charge in [0, 0.05) is 30.3 Å². The van der Waals surface area contributed by atoms with E-state index in [-0.39, 0.29) is 0 Å². The molecule has 1 aliphatic carbocycles. The highest BCUT2D eigenvalue weighted by Gasteiger charge is 2.19. The van der Waals surface area contributed by atoms with Crippen molar-refractivity contribution >= 4 is 16.8 Å². The van der Waals surface area contributed by atoms with E-state index in [1.807, 2.05) is 30.3 Å². The van der Waals surface area contributed by atoms with Gasteiger partial charge in [0.15, 0.2) is 5.96 Å². The third-order valence-electron chi connectivity index (χ3n) is 4.09. The molecule has 1 aliphatic rings. The number of nitrogens with zero attached hydrogens (tertiary/aromatic N) is 1. The SMILES string of the molecule is CN=C(NCCS(=O)c1ccccc1)NC1CCCC(C)C1. The van der Waals surface area contributed by atoms with E-state index in [2.05, 4.69) is 22.5 Å². The van der Waals surface area contributed by atoms with Gasteiger partial charge in [-0.05, 0) is 30.9 Å². The average Bonchev–Trinajstić information content (AvgIpc) is 2.54. The lowest BCUT2D eigenvalue weighted by molar-refractivity contribution is 0.324. The van der Waals surface area contributed by atoms with Gasteiger partial charge in [0.1, 0.15) is 0 Å². The van der Waals surface area contributed by atoms with Crippen LogP contribution in [0.15, 0.2) is 40.2 Å². The minimum absolute atomic E-state index is 0.509. The number of benzene rings is 1. The average molecular weight is 321 g/mol. The van der Waals surface area contributed by atoms with Gasteiger partial charge in [0.05, 0.1) is 10.8 Å². The molecule has 0 bridgehead atoms. The third kappa shape index (κ3) is 5.44. The normalized spacial score (nSPS) is 23.8. The molecule has 0 heterocycles. The van der Waals surface area contributed by atoms with E-state index in [0.29, 0.717) is 18.3 Å². The van der Waals surface area contributed by atoms with Gasteiger partial charge < -0.3 is 10.6 Å². The van der Waals surface area contributed by atoms with Gasteiger partial charge in [-0.2, -0.15) is 0 Å². The van der Waals surface area contributed by atoms with E-state index >= 15 is 0 Å². The molecular weight excluding hydrogens is 294 g/mol. The second-order valence-corrected chi connectivity index (χ2v) is 7.55. The Hall–Kier alpha value is -1.36. The van der Waals surface area contributed by atoms with Gasteiger partial charge in [-0.15, -0.1) is 0 Å². The van der Waals surface area contributed by atoms with Crippen LogP contribution >= 0.6 is 0 Å². The molecule has 2 rings (SSSR count). The Labute approximate surface area is 136 Å². The number of rotatable bonds is 5. The number of guanidine groups is 1. The second-order valence-electron chi connectivity index (χ2n) is 5.97. The van der Waals surface area contributed by atoms with Gasteiger partial charge in [0.2, 0.25) is 0 Å². The van der Waals surface area contributed by atoms with Crippen molar-refractivity contribution in [1.82, 2.24) is 10.6 Å². The van der Waals surface area contributed by atoms with Gasteiger partial charge in [0.25, 0.3) is 0 Å². The monoisotopic (exact) mass is 321 g/mol. The lowest BCUT2D eigenvalue weighted by Crippen LogP contribution is -2.46. The molecule has 122 valence electrons. The van der Waals surface area contributed by atoms with Gasteiger partial charge in [-0.25, -0.2) is 0 Å². The summed E-state index contributed by atoms with van der Waals surface area (Å²) in [6, 6.07) is 10.1. The summed E-state index contributed by atoms with van der Waals surface area (Å²) in [5, 5.41) is 6.77. The van der Waals surface area contributed by atoms with E-state index in [1.54, 1.807) is 7.05 Å². The van der Waals surface area contributed by atoms with Crippen LogP contribution in [0.2, 0.25) is 0 Å². The van der Waals surface area contributed by atoms with Gasteiger partial charge in [-0.1, -0.05) is 38.0 Å². The van der Waals surface area contributed by atoms with Crippen LogP contribution in [0.4, 0.5) is 0 Å². The smallest absolute Gasteiger partial charge is 0.191 e. The number of hydrogen-bond acceptors (Lipinski definition) is 2. The summed E-state index contributed by atoms with van der Waals surface area (Å²) in [5.74, 6) is 2.20. The molecular formula is C17H27N3OS. The second kappa shape index (κ2) is 8.93. The van der Waals surface area contributed by atoms with E-state index in [1.165, 1.54) is 25.7 Å². The molecule has 0 aromatic heterocycles. The summed E-state index contributed by atoms with van der Waals surface area (Å²) in [4.78, 5) is 5.15. The van der Waals surface area contributed by atoms with Crippen molar-refractivity contribution in [1.29, 1.82) is 0 Å². The van der Waals surface area contributed by atoms with Crippen LogP contribution in [0.1, 0.15) is 32.6 Å². The van der Waals surface area contributed by atoms with Crippen molar-refractivity contribution in [3.63, 3.8) is 0 Å². The molecule has 3 unspecified atom stereocenters. The molecule has 4 nitrogen and oxygen atoms in total. The van der Waals surface area contributed by atoms with Crippen molar-refractivity contribution in [2.24, 2.45) is 10.9 Å². The minimum Gasteiger partial charge on any atom is -0.355 e. The highest BCUT2D eigenvalue weighted by Crippen LogP contribution is 2.23. The first kappa shape index (κ1) is 17.0. The first-order valence-electron chi connectivity index (χ1n) is 8.09. The lowest BCUT2D eigenvalue weighted by atomic mass is 9.87. The Kier molecular flexibility index (Phi) is 6.90. The largest absolute Gasteiger partial charge is 0.355 e. The highest BCUT2D eigenvalue weighted by molar-refractivity contribution is 7.85. The van der Waals surface area contributed by atoms with Gasteiger partial charge >= 0.3 is 0 Å². The fourth-order valence-corrected chi connectivity index (χ4v) is 3.89. The molecule has 5 heteroatoms. The summed E-state index contributed by atoms with van der Waals surface area (Å²) in [6.45, 7) is 2.97. The highest BCUT2D eigenvalue weighted by atomic mass is 32.2. The quantitative estimate of drug-likeness (QED) is 0.647. The molecule has 1 fully saturated rings. The maximum atomic E-state index is 12.2. The first-order chi connectivity index (χ1) is 10.7. The Balaban J connectivity index is 1.73. The molecule has 0 amide bonds. The summed E-state index contributed by atoms with van der Waals surface area (Å²) in [6.07, 6.45) is 5.03. The van der Waals surface area contributed by atoms with E-state index in [0.717, 1.165) is 16.8 Å². The fourth-order valence-electron chi connectivity index (χ4n) is 2.91. The number of hydrogen-bond donors (Lipinski definition) is 2. The summed E-state index contributed by atoms with van der Waals surface area (Å²) in [5.41, 5.74) is 0. The third-order valence-corrected chi connectivity index (χ3v) is 5.46. The lowest BCUT2D eigenvalue weighted by Gasteiger charge is -2.28. The maximum Gasteiger partial charge on any atom is 0.191 e.